The van der Waals surface area contributed by atoms with Crippen LogP contribution in [0.5, 0.6) is 0 Å². The Morgan fingerprint density at radius 3 is 2.85 bits per heavy atom. The van der Waals surface area contributed by atoms with Crippen LogP contribution in [0.2, 0.25) is 0 Å². The number of carbonyl (C=O) groups excluding carboxylic acids is 2. The Labute approximate surface area is 121 Å². The summed E-state index contributed by atoms with van der Waals surface area (Å²) in [6, 6.07) is 6.37. The third-order valence-corrected chi connectivity index (χ3v) is 4.14. The second-order valence-electron chi connectivity index (χ2n) is 4.93. The standard InChI is InChI=1S/C14H17FN2O2S/c1-9(2)16-12(18)7-17-13(19)8-20-14(17)10-5-3-4-6-11(10)15/h3-6,9,14H,7-8H2,1-2H3,(H,16,18)/t14-/m1/s1. The van der Waals surface area contributed by atoms with Crippen LogP contribution < -0.4 is 5.32 Å². The van der Waals surface area contributed by atoms with Crippen molar-refractivity contribution in [3.63, 3.8) is 0 Å². The monoisotopic (exact) mass is 296 g/mol. The van der Waals surface area contributed by atoms with Crippen molar-refractivity contribution in [2.75, 3.05) is 12.3 Å². The van der Waals surface area contributed by atoms with Crippen molar-refractivity contribution >= 4 is 23.6 Å². The quantitative estimate of drug-likeness (QED) is 0.923. The zero-order chi connectivity index (χ0) is 14.7. The lowest BCUT2D eigenvalue weighted by molar-refractivity contribution is -0.134. The first-order valence-electron chi connectivity index (χ1n) is 6.44. The predicted octanol–water partition coefficient (Wildman–Crippen LogP) is 1.92. The number of rotatable bonds is 4. The molecule has 1 aliphatic heterocycles. The molecule has 0 unspecified atom stereocenters. The van der Waals surface area contributed by atoms with E-state index in [9.17, 15) is 14.0 Å². The maximum Gasteiger partial charge on any atom is 0.239 e. The number of hydrogen-bond acceptors (Lipinski definition) is 3. The topological polar surface area (TPSA) is 49.4 Å². The first-order chi connectivity index (χ1) is 9.49. The third-order valence-electron chi connectivity index (χ3n) is 2.90. The fourth-order valence-electron chi connectivity index (χ4n) is 2.08. The zero-order valence-corrected chi connectivity index (χ0v) is 12.2. The lowest BCUT2D eigenvalue weighted by Crippen LogP contribution is -2.41. The second kappa shape index (κ2) is 6.26. The highest BCUT2D eigenvalue weighted by atomic mass is 32.2. The Bertz CT molecular complexity index is 522. The lowest BCUT2D eigenvalue weighted by atomic mass is 10.2. The van der Waals surface area contributed by atoms with Crippen LogP contribution in [0.15, 0.2) is 24.3 Å². The van der Waals surface area contributed by atoms with Crippen molar-refractivity contribution in [2.45, 2.75) is 25.3 Å². The summed E-state index contributed by atoms with van der Waals surface area (Å²) in [5, 5.41) is 2.31. The smallest absolute Gasteiger partial charge is 0.239 e. The number of benzene rings is 1. The molecule has 6 heteroatoms. The van der Waals surface area contributed by atoms with Crippen molar-refractivity contribution < 1.29 is 14.0 Å². The number of halogens is 1. The van der Waals surface area contributed by atoms with Gasteiger partial charge in [-0.15, -0.1) is 11.8 Å². The lowest BCUT2D eigenvalue weighted by Gasteiger charge is -2.24. The Morgan fingerprint density at radius 2 is 2.20 bits per heavy atom. The van der Waals surface area contributed by atoms with Crippen LogP contribution in [-0.4, -0.2) is 35.1 Å². The van der Waals surface area contributed by atoms with E-state index in [2.05, 4.69) is 5.32 Å². The molecule has 0 saturated carbocycles. The van der Waals surface area contributed by atoms with Gasteiger partial charge in [-0.2, -0.15) is 0 Å². The van der Waals surface area contributed by atoms with E-state index in [1.165, 1.54) is 22.7 Å². The van der Waals surface area contributed by atoms with Crippen LogP contribution in [0.25, 0.3) is 0 Å². The number of nitrogens with one attached hydrogen (secondary N) is 1. The molecule has 0 radical (unpaired) electrons. The highest BCUT2D eigenvalue weighted by Crippen LogP contribution is 2.39. The van der Waals surface area contributed by atoms with E-state index < -0.39 is 5.37 Å². The largest absolute Gasteiger partial charge is 0.352 e. The van der Waals surface area contributed by atoms with Crippen LogP contribution in [0.4, 0.5) is 4.39 Å². The Morgan fingerprint density at radius 1 is 1.50 bits per heavy atom. The van der Waals surface area contributed by atoms with Crippen molar-refractivity contribution in [3.8, 4) is 0 Å². The maximum atomic E-state index is 13.8. The third kappa shape index (κ3) is 3.30. The molecule has 0 bridgehead atoms. The molecule has 20 heavy (non-hydrogen) atoms. The molecule has 1 aliphatic rings. The molecule has 4 nitrogen and oxygen atoms in total. The van der Waals surface area contributed by atoms with Crippen LogP contribution in [0, 0.1) is 5.82 Å². The van der Waals surface area contributed by atoms with Gasteiger partial charge in [-0.1, -0.05) is 18.2 Å². The van der Waals surface area contributed by atoms with Crippen molar-refractivity contribution in [2.24, 2.45) is 0 Å². The Hall–Kier alpha value is -1.56. The number of hydrogen-bond donors (Lipinski definition) is 1. The first kappa shape index (κ1) is 14.8. The average Bonchev–Trinajstić information content (AvgIpc) is 2.71. The summed E-state index contributed by atoms with van der Waals surface area (Å²) < 4.78 is 13.8. The average molecular weight is 296 g/mol. The Balaban J connectivity index is 2.15. The SMILES string of the molecule is CC(C)NC(=O)CN1C(=O)CS[C@@H]1c1ccccc1F. The molecule has 1 aromatic rings. The fraction of sp³-hybridized carbons (Fsp3) is 0.429. The van der Waals surface area contributed by atoms with Gasteiger partial charge in [0.25, 0.3) is 0 Å². The summed E-state index contributed by atoms with van der Waals surface area (Å²) in [5.41, 5.74) is 0.445. The van der Waals surface area contributed by atoms with Crippen LogP contribution in [0.3, 0.4) is 0 Å². The Kier molecular flexibility index (Phi) is 4.65. The van der Waals surface area contributed by atoms with Gasteiger partial charge >= 0.3 is 0 Å². The zero-order valence-electron chi connectivity index (χ0n) is 11.4. The summed E-state index contributed by atoms with van der Waals surface area (Å²) in [6.07, 6.45) is 0. The molecule has 1 aromatic carbocycles. The van der Waals surface area contributed by atoms with Crippen molar-refractivity contribution in [1.82, 2.24) is 10.2 Å². The molecule has 1 heterocycles. The van der Waals surface area contributed by atoms with Gasteiger partial charge in [0.1, 0.15) is 17.7 Å². The molecule has 2 rings (SSSR count). The molecular formula is C14H17FN2O2S. The van der Waals surface area contributed by atoms with E-state index in [4.69, 9.17) is 0 Å². The minimum absolute atomic E-state index is 0.0137. The van der Waals surface area contributed by atoms with E-state index in [-0.39, 0.29) is 36.0 Å². The molecule has 1 saturated heterocycles. The summed E-state index contributed by atoms with van der Waals surface area (Å²) >= 11 is 1.34. The second-order valence-corrected chi connectivity index (χ2v) is 6.00. The van der Waals surface area contributed by atoms with E-state index in [1.807, 2.05) is 13.8 Å². The highest BCUT2D eigenvalue weighted by Gasteiger charge is 2.35. The number of amides is 2. The van der Waals surface area contributed by atoms with E-state index in [1.54, 1.807) is 18.2 Å². The summed E-state index contributed by atoms with van der Waals surface area (Å²) in [4.78, 5) is 25.1. The van der Waals surface area contributed by atoms with Gasteiger partial charge in [0.15, 0.2) is 0 Å². The van der Waals surface area contributed by atoms with Crippen LogP contribution in [-0.2, 0) is 9.59 Å². The van der Waals surface area contributed by atoms with Crippen molar-refractivity contribution in [1.29, 1.82) is 0 Å². The summed E-state index contributed by atoms with van der Waals surface area (Å²) in [6.45, 7) is 3.67. The minimum atomic E-state index is -0.429. The minimum Gasteiger partial charge on any atom is -0.352 e. The molecular weight excluding hydrogens is 279 g/mol. The van der Waals surface area contributed by atoms with Gasteiger partial charge in [0.2, 0.25) is 11.8 Å². The fourth-order valence-corrected chi connectivity index (χ4v) is 3.29. The molecule has 1 N–H and O–H groups in total. The first-order valence-corrected chi connectivity index (χ1v) is 7.48. The molecule has 0 aromatic heterocycles. The van der Waals surface area contributed by atoms with Crippen LogP contribution >= 0.6 is 11.8 Å². The summed E-state index contributed by atoms with van der Waals surface area (Å²) in [7, 11) is 0. The number of carbonyl (C=O) groups is 2. The number of nitrogens with zero attached hydrogens (tertiary/aromatic N) is 1. The molecule has 1 fully saturated rings. The van der Waals surface area contributed by atoms with Gasteiger partial charge in [0.05, 0.1) is 5.75 Å². The van der Waals surface area contributed by atoms with Crippen LogP contribution in [0.1, 0.15) is 24.8 Å². The van der Waals surface area contributed by atoms with E-state index in [0.29, 0.717) is 5.56 Å². The van der Waals surface area contributed by atoms with Gasteiger partial charge in [-0.3, -0.25) is 9.59 Å². The van der Waals surface area contributed by atoms with Gasteiger partial charge in [-0.25, -0.2) is 4.39 Å². The summed E-state index contributed by atoms with van der Waals surface area (Å²) in [5.74, 6) is -0.443. The predicted molar refractivity (Wildman–Crippen MR) is 76.6 cm³/mol. The molecule has 0 spiro atoms. The van der Waals surface area contributed by atoms with Gasteiger partial charge < -0.3 is 10.2 Å². The highest BCUT2D eigenvalue weighted by molar-refractivity contribution is 8.00. The molecule has 0 aliphatic carbocycles. The van der Waals surface area contributed by atoms with E-state index >= 15 is 0 Å². The molecule has 108 valence electrons. The molecule has 1 atom stereocenters. The maximum absolute atomic E-state index is 13.8. The van der Waals surface area contributed by atoms with E-state index in [0.717, 1.165) is 0 Å². The van der Waals surface area contributed by atoms with Gasteiger partial charge in [0, 0.05) is 11.6 Å². The molecule has 2 amide bonds. The van der Waals surface area contributed by atoms with Crippen molar-refractivity contribution in [3.05, 3.63) is 35.6 Å². The van der Waals surface area contributed by atoms with Gasteiger partial charge in [-0.05, 0) is 19.9 Å². The normalized spacial score (nSPS) is 18.7. The number of thioether (sulfide) groups is 1.